The quantitative estimate of drug-likeness (QED) is 0.894. The molecule has 0 spiro atoms. The van der Waals surface area contributed by atoms with Crippen molar-refractivity contribution >= 4 is 15.9 Å². The van der Waals surface area contributed by atoms with Gasteiger partial charge in [-0.3, -0.25) is 0 Å². The maximum absolute atomic E-state index is 6.18. The fraction of sp³-hybridized carbons (Fsp3) is 0.600. The zero-order valence-electron chi connectivity index (χ0n) is 11.6. The molecule has 1 unspecified atom stereocenters. The fourth-order valence-electron chi connectivity index (χ4n) is 2.36. The van der Waals surface area contributed by atoms with Crippen molar-refractivity contribution in [3.8, 4) is 5.75 Å². The highest BCUT2D eigenvalue weighted by Gasteiger charge is 2.18. The molecule has 106 valence electrons. The van der Waals surface area contributed by atoms with E-state index in [1.54, 1.807) is 0 Å². The van der Waals surface area contributed by atoms with Gasteiger partial charge in [0.1, 0.15) is 11.9 Å². The first kappa shape index (κ1) is 14.8. The summed E-state index contributed by atoms with van der Waals surface area (Å²) in [5.41, 5.74) is 1.22. The van der Waals surface area contributed by atoms with Crippen LogP contribution < -0.4 is 10.1 Å². The number of rotatable bonds is 5. The molecule has 0 saturated carbocycles. The summed E-state index contributed by atoms with van der Waals surface area (Å²) < 4.78 is 12.6. The van der Waals surface area contributed by atoms with Crippen LogP contribution in [0.1, 0.15) is 38.3 Å². The van der Waals surface area contributed by atoms with Gasteiger partial charge in [0.2, 0.25) is 0 Å². The zero-order valence-corrected chi connectivity index (χ0v) is 13.2. The van der Waals surface area contributed by atoms with E-state index in [1.165, 1.54) is 5.56 Å². The molecule has 2 rings (SSSR count). The van der Waals surface area contributed by atoms with Gasteiger partial charge in [0, 0.05) is 28.9 Å². The van der Waals surface area contributed by atoms with E-state index in [0.717, 1.165) is 42.8 Å². The van der Waals surface area contributed by atoms with Gasteiger partial charge in [-0.1, -0.05) is 28.9 Å². The Hall–Kier alpha value is -0.580. The molecule has 1 saturated heterocycles. The third-order valence-corrected chi connectivity index (χ3v) is 3.91. The molecule has 3 nitrogen and oxygen atoms in total. The highest BCUT2D eigenvalue weighted by Crippen LogP contribution is 2.30. The van der Waals surface area contributed by atoms with Crippen LogP contribution in [0, 0.1) is 0 Å². The van der Waals surface area contributed by atoms with Crippen LogP contribution in [0.2, 0.25) is 0 Å². The van der Waals surface area contributed by atoms with Gasteiger partial charge in [-0.15, -0.1) is 0 Å². The molecular formula is C15H22BrNO2. The Labute approximate surface area is 123 Å². The van der Waals surface area contributed by atoms with Crippen molar-refractivity contribution in [2.75, 3.05) is 19.8 Å². The Morgan fingerprint density at radius 3 is 2.84 bits per heavy atom. The van der Waals surface area contributed by atoms with E-state index in [4.69, 9.17) is 9.47 Å². The molecule has 1 aromatic rings. The third-order valence-electron chi connectivity index (χ3n) is 3.41. The molecule has 1 aromatic carbocycles. The van der Waals surface area contributed by atoms with E-state index in [1.807, 2.05) is 0 Å². The Balaban J connectivity index is 2.14. The van der Waals surface area contributed by atoms with Crippen LogP contribution in [-0.2, 0) is 4.74 Å². The van der Waals surface area contributed by atoms with E-state index >= 15 is 0 Å². The Morgan fingerprint density at radius 2 is 2.16 bits per heavy atom. The van der Waals surface area contributed by atoms with Crippen LogP contribution in [0.4, 0.5) is 0 Å². The molecule has 1 aliphatic heterocycles. The summed E-state index contributed by atoms with van der Waals surface area (Å²) in [4.78, 5) is 0. The minimum absolute atomic E-state index is 0.274. The molecule has 19 heavy (non-hydrogen) atoms. The number of benzene rings is 1. The minimum Gasteiger partial charge on any atom is -0.490 e. The molecule has 1 aliphatic rings. The lowest BCUT2D eigenvalue weighted by molar-refractivity contribution is 0.0250. The van der Waals surface area contributed by atoms with Gasteiger partial charge in [-0.05, 0) is 25.6 Å². The molecule has 1 fully saturated rings. The molecular weight excluding hydrogens is 306 g/mol. The van der Waals surface area contributed by atoms with Gasteiger partial charge < -0.3 is 14.8 Å². The Morgan fingerprint density at radius 1 is 1.42 bits per heavy atom. The summed E-state index contributed by atoms with van der Waals surface area (Å²) in [6.45, 7) is 6.85. The second kappa shape index (κ2) is 7.27. The van der Waals surface area contributed by atoms with Crippen molar-refractivity contribution < 1.29 is 9.47 Å². The highest BCUT2D eigenvalue weighted by atomic mass is 79.9. The Bertz CT molecular complexity index is 405. The van der Waals surface area contributed by atoms with Gasteiger partial charge in [0.15, 0.2) is 0 Å². The lowest BCUT2D eigenvalue weighted by Crippen LogP contribution is -2.27. The smallest absolute Gasteiger partial charge is 0.125 e. The maximum Gasteiger partial charge on any atom is 0.125 e. The first-order chi connectivity index (χ1) is 9.20. The van der Waals surface area contributed by atoms with Crippen molar-refractivity contribution in [2.24, 2.45) is 0 Å². The molecule has 1 N–H and O–H groups in total. The lowest BCUT2D eigenvalue weighted by Gasteiger charge is -2.26. The van der Waals surface area contributed by atoms with Gasteiger partial charge in [-0.25, -0.2) is 0 Å². The highest BCUT2D eigenvalue weighted by molar-refractivity contribution is 9.10. The number of ether oxygens (including phenoxy) is 2. The number of halogens is 1. The first-order valence-electron chi connectivity index (χ1n) is 6.98. The number of hydrogen-bond donors (Lipinski definition) is 1. The van der Waals surface area contributed by atoms with E-state index in [-0.39, 0.29) is 6.10 Å². The maximum atomic E-state index is 6.18. The number of nitrogens with one attached hydrogen (secondary N) is 1. The molecule has 0 aliphatic carbocycles. The summed E-state index contributed by atoms with van der Waals surface area (Å²) in [6.07, 6.45) is 2.22. The molecule has 0 amide bonds. The normalized spacial score (nSPS) is 18.3. The van der Waals surface area contributed by atoms with Crippen LogP contribution in [0.25, 0.3) is 0 Å². The van der Waals surface area contributed by atoms with Gasteiger partial charge in [0.05, 0.1) is 13.2 Å². The fourth-order valence-corrected chi connectivity index (χ4v) is 2.70. The molecule has 0 radical (unpaired) electrons. The van der Waals surface area contributed by atoms with Crippen molar-refractivity contribution in [3.05, 3.63) is 28.2 Å². The van der Waals surface area contributed by atoms with E-state index in [0.29, 0.717) is 6.04 Å². The molecule has 1 atom stereocenters. The van der Waals surface area contributed by atoms with Crippen molar-refractivity contribution in [1.82, 2.24) is 5.32 Å². The molecule has 0 aromatic heterocycles. The van der Waals surface area contributed by atoms with Crippen molar-refractivity contribution in [1.29, 1.82) is 0 Å². The van der Waals surface area contributed by atoms with Crippen molar-refractivity contribution in [2.45, 2.75) is 38.8 Å². The minimum atomic E-state index is 0.274. The van der Waals surface area contributed by atoms with Crippen LogP contribution >= 0.6 is 15.9 Å². The van der Waals surface area contributed by atoms with E-state index in [2.05, 4.69) is 53.3 Å². The number of hydrogen-bond acceptors (Lipinski definition) is 3. The lowest BCUT2D eigenvalue weighted by atomic mass is 10.1. The van der Waals surface area contributed by atoms with Gasteiger partial charge in [-0.2, -0.15) is 0 Å². The Kier molecular flexibility index (Phi) is 5.67. The van der Waals surface area contributed by atoms with Gasteiger partial charge in [0.25, 0.3) is 0 Å². The average Bonchev–Trinajstić information content (AvgIpc) is 2.40. The summed E-state index contributed by atoms with van der Waals surface area (Å²) >= 11 is 3.52. The SMILES string of the molecule is CCNC(C)c1ccc(Br)cc1OC1CCOCC1. The first-order valence-corrected chi connectivity index (χ1v) is 7.77. The summed E-state index contributed by atoms with van der Waals surface area (Å²) in [5, 5.41) is 3.44. The zero-order chi connectivity index (χ0) is 13.7. The summed E-state index contributed by atoms with van der Waals surface area (Å²) in [7, 11) is 0. The third kappa shape index (κ3) is 4.20. The second-order valence-electron chi connectivity index (χ2n) is 4.89. The monoisotopic (exact) mass is 327 g/mol. The average molecular weight is 328 g/mol. The van der Waals surface area contributed by atoms with Crippen LogP contribution in [-0.4, -0.2) is 25.9 Å². The molecule has 4 heteroatoms. The molecule has 1 heterocycles. The predicted molar refractivity (Wildman–Crippen MR) is 80.7 cm³/mol. The summed E-state index contributed by atoms with van der Waals surface area (Å²) in [5.74, 6) is 0.981. The van der Waals surface area contributed by atoms with Crippen LogP contribution in [0.5, 0.6) is 5.75 Å². The molecule has 0 bridgehead atoms. The summed E-state index contributed by atoms with van der Waals surface area (Å²) in [6, 6.07) is 6.57. The van der Waals surface area contributed by atoms with E-state index in [9.17, 15) is 0 Å². The van der Waals surface area contributed by atoms with Crippen molar-refractivity contribution in [3.63, 3.8) is 0 Å². The largest absolute Gasteiger partial charge is 0.490 e. The second-order valence-corrected chi connectivity index (χ2v) is 5.81. The van der Waals surface area contributed by atoms with Gasteiger partial charge >= 0.3 is 0 Å². The standard InChI is InChI=1S/C15H22BrNO2/c1-3-17-11(2)14-5-4-12(16)10-15(14)19-13-6-8-18-9-7-13/h4-5,10-11,13,17H,3,6-9H2,1-2H3. The van der Waals surface area contributed by atoms with E-state index < -0.39 is 0 Å². The topological polar surface area (TPSA) is 30.5 Å². The van der Waals surface area contributed by atoms with Crippen LogP contribution in [0.15, 0.2) is 22.7 Å². The predicted octanol–water partition coefficient (Wildman–Crippen LogP) is 3.68. The van der Waals surface area contributed by atoms with Crippen LogP contribution in [0.3, 0.4) is 0 Å².